The fraction of sp³-hybridized carbons (Fsp3) is 0.111. The summed E-state index contributed by atoms with van der Waals surface area (Å²) in [5, 5.41) is 4.60. The summed E-state index contributed by atoms with van der Waals surface area (Å²) < 4.78 is 2.59. The van der Waals surface area contributed by atoms with Gasteiger partial charge in [0.05, 0.1) is 4.47 Å². The lowest BCUT2D eigenvalue weighted by Gasteiger charge is -2.04. The molecular formula is C9H7BrClN3. The maximum absolute atomic E-state index is 5.79. The molecule has 0 atom stereocenters. The Hall–Kier alpha value is -0.870. The minimum atomic E-state index is 0.472. The van der Waals surface area contributed by atoms with Crippen LogP contribution in [0.2, 0.25) is 5.15 Å². The molecule has 0 aliphatic heterocycles. The van der Waals surface area contributed by atoms with Crippen molar-refractivity contribution in [3.05, 3.63) is 39.7 Å². The molecule has 0 unspecified atom stereocenters. The van der Waals surface area contributed by atoms with Crippen molar-refractivity contribution in [2.24, 2.45) is 0 Å². The van der Waals surface area contributed by atoms with Crippen LogP contribution in [0.4, 0.5) is 0 Å². The number of aromatic nitrogens is 3. The van der Waals surface area contributed by atoms with Crippen molar-refractivity contribution in [1.82, 2.24) is 14.8 Å². The Bertz CT molecular complexity index is 467. The molecule has 0 radical (unpaired) electrons. The maximum Gasteiger partial charge on any atom is 0.167 e. The van der Waals surface area contributed by atoms with Gasteiger partial charge in [0, 0.05) is 11.9 Å². The summed E-state index contributed by atoms with van der Waals surface area (Å²) >= 11 is 9.20. The van der Waals surface area contributed by atoms with Crippen molar-refractivity contribution in [3.8, 4) is 5.82 Å². The van der Waals surface area contributed by atoms with Gasteiger partial charge in [-0.1, -0.05) is 11.6 Å². The van der Waals surface area contributed by atoms with Gasteiger partial charge in [-0.05, 0) is 41.1 Å². The predicted molar refractivity (Wildman–Crippen MR) is 58.8 cm³/mol. The molecule has 0 N–H and O–H groups in total. The summed E-state index contributed by atoms with van der Waals surface area (Å²) in [5.41, 5.74) is 0.953. The number of hydrogen-bond donors (Lipinski definition) is 0. The Kier molecular flexibility index (Phi) is 2.56. The van der Waals surface area contributed by atoms with Gasteiger partial charge in [-0.3, -0.25) is 0 Å². The highest BCUT2D eigenvalue weighted by Crippen LogP contribution is 2.20. The number of halogens is 2. The molecule has 72 valence electrons. The second kappa shape index (κ2) is 3.71. The van der Waals surface area contributed by atoms with Crippen LogP contribution in [-0.4, -0.2) is 14.8 Å². The molecule has 0 fully saturated rings. The molecule has 5 heteroatoms. The van der Waals surface area contributed by atoms with E-state index in [0.717, 1.165) is 16.0 Å². The van der Waals surface area contributed by atoms with Crippen LogP contribution in [0.15, 0.2) is 28.9 Å². The van der Waals surface area contributed by atoms with E-state index in [9.17, 15) is 0 Å². The normalized spacial score (nSPS) is 10.5. The number of rotatable bonds is 1. The Labute approximate surface area is 94.9 Å². The summed E-state index contributed by atoms with van der Waals surface area (Å²) in [6, 6.07) is 5.56. The van der Waals surface area contributed by atoms with Crippen molar-refractivity contribution >= 4 is 27.5 Å². The average Bonchev–Trinajstić information content (AvgIpc) is 2.46. The van der Waals surface area contributed by atoms with Gasteiger partial charge in [0.25, 0.3) is 0 Å². The lowest BCUT2D eigenvalue weighted by atomic mass is 10.4. The van der Waals surface area contributed by atoms with Crippen LogP contribution >= 0.6 is 27.5 Å². The molecule has 0 aliphatic rings. The Balaban J connectivity index is 2.60. The van der Waals surface area contributed by atoms with E-state index < -0.39 is 0 Å². The molecule has 2 heterocycles. The minimum Gasteiger partial charge on any atom is -0.236 e. The zero-order valence-corrected chi connectivity index (χ0v) is 9.75. The van der Waals surface area contributed by atoms with Crippen molar-refractivity contribution in [2.45, 2.75) is 6.92 Å². The standard InChI is InChI=1S/C9H7BrClN3/c1-6-5-8(11)13-14(6)9-7(10)3-2-4-12-9/h2-5H,1H3. The summed E-state index contributed by atoms with van der Waals surface area (Å²) in [7, 11) is 0. The monoisotopic (exact) mass is 271 g/mol. The van der Waals surface area contributed by atoms with E-state index in [0.29, 0.717) is 5.15 Å². The lowest BCUT2D eigenvalue weighted by Crippen LogP contribution is -2.01. The fourth-order valence-electron chi connectivity index (χ4n) is 1.18. The molecule has 14 heavy (non-hydrogen) atoms. The van der Waals surface area contributed by atoms with E-state index in [1.54, 1.807) is 16.9 Å². The fourth-order valence-corrected chi connectivity index (χ4v) is 1.84. The predicted octanol–water partition coefficient (Wildman–Crippen LogP) is 2.99. The van der Waals surface area contributed by atoms with Crippen LogP contribution in [0.25, 0.3) is 5.82 Å². The molecule has 0 aromatic carbocycles. The molecule has 2 aromatic rings. The second-order valence-electron chi connectivity index (χ2n) is 2.83. The Morgan fingerprint density at radius 3 is 2.86 bits per heavy atom. The van der Waals surface area contributed by atoms with Gasteiger partial charge in [0.2, 0.25) is 0 Å². The number of pyridine rings is 1. The topological polar surface area (TPSA) is 30.7 Å². The zero-order valence-electron chi connectivity index (χ0n) is 7.41. The summed E-state index contributed by atoms with van der Waals surface area (Å²) in [4.78, 5) is 4.22. The number of nitrogens with zero attached hydrogens (tertiary/aromatic N) is 3. The number of hydrogen-bond acceptors (Lipinski definition) is 2. The van der Waals surface area contributed by atoms with Crippen molar-refractivity contribution in [3.63, 3.8) is 0 Å². The van der Waals surface area contributed by atoms with E-state index in [-0.39, 0.29) is 0 Å². The quantitative estimate of drug-likeness (QED) is 0.799. The average molecular weight is 273 g/mol. The molecular weight excluding hydrogens is 265 g/mol. The SMILES string of the molecule is Cc1cc(Cl)nn1-c1ncccc1Br. The summed E-state index contributed by atoms with van der Waals surface area (Å²) in [6.07, 6.45) is 1.72. The molecule has 0 aliphatic carbocycles. The van der Waals surface area contributed by atoms with Gasteiger partial charge in [0.15, 0.2) is 11.0 Å². The van der Waals surface area contributed by atoms with Crippen LogP contribution < -0.4 is 0 Å². The molecule has 2 aromatic heterocycles. The Morgan fingerprint density at radius 1 is 1.50 bits per heavy atom. The lowest BCUT2D eigenvalue weighted by molar-refractivity contribution is 0.813. The first-order chi connectivity index (χ1) is 6.68. The van der Waals surface area contributed by atoms with E-state index >= 15 is 0 Å². The van der Waals surface area contributed by atoms with E-state index in [1.165, 1.54) is 0 Å². The maximum atomic E-state index is 5.79. The van der Waals surface area contributed by atoms with Crippen LogP contribution in [0, 0.1) is 6.92 Å². The van der Waals surface area contributed by atoms with Gasteiger partial charge in [0.1, 0.15) is 0 Å². The van der Waals surface area contributed by atoms with Gasteiger partial charge >= 0.3 is 0 Å². The summed E-state index contributed by atoms with van der Waals surface area (Å²) in [5.74, 6) is 0.747. The van der Waals surface area contributed by atoms with Gasteiger partial charge < -0.3 is 0 Å². The molecule has 0 saturated heterocycles. The largest absolute Gasteiger partial charge is 0.236 e. The number of aryl methyl sites for hydroxylation is 1. The first kappa shape index (κ1) is 9.68. The van der Waals surface area contributed by atoms with E-state index in [4.69, 9.17) is 11.6 Å². The first-order valence-electron chi connectivity index (χ1n) is 4.01. The zero-order chi connectivity index (χ0) is 10.1. The van der Waals surface area contributed by atoms with E-state index in [1.807, 2.05) is 19.1 Å². The van der Waals surface area contributed by atoms with E-state index in [2.05, 4.69) is 26.0 Å². The smallest absolute Gasteiger partial charge is 0.167 e. The van der Waals surface area contributed by atoms with Crippen LogP contribution in [0.1, 0.15) is 5.69 Å². The molecule has 0 amide bonds. The highest BCUT2D eigenvalue weighted by atomic mass is 79.9. The molecule has 3 nitrogen and oxygen atoms in total. The van der Waals surface area contributed by atoms with Gasteiger partial charge in [-0.15, -0.1) is 0 Å². The summed E-state index contributed by atoms with van der Waals surface area (Å²) in [6.45, 7) is 1.93. The molecule has 0 bridgehead atoms. The van der Waals surface area contributed by atoms with Gasteiger partial charge in [-0.2, -0.15) is 5.10 Å². The van der Waals surface area contributed by atoms with Crippen molar-refractivity contribution in [2.75, 3.05) is 0 Å². The van der Waals surface area contributed by atoms with Gasteiger partial charge in [-0.25, -0.2) is 9.67 Å². The molecule has 0 saturated carbocycles. The highest BCUT2D eigenvalue weighted by molar-refractivity contribution is 9.10. The molecule has 2 rings (SSSR count). The van der Waals surface area contributed by atoms with Crippen LogP contribution in [0.5, 0.6) is 0 Å². The minimum absolute atomic E-state index is 0.472. The van der Waals surface area contributed by atoms with Crippen LogP contribution in [-0.2, 0) is 0 Å². The third-order valence-electron chi connectivity index (χ3n) is 1.80. The second-order valence-corrected chi connectivity index (χ2v) is 4.07. The molecule has 0 spiro atoms. The first-order valence-corrected chi connectivity index (χ1v) is 5.18. The third kappa shape index (κ3) is 1.67. The van der Waals surface area contributed by atoms with Crippen LogP contribution in [0.3, 0.4) is 0 Å². The van der Waals surface area contributed by atoms with Crippen molar-refractivity contribution < 1.29 is 0 Å². The third-order valence-corrected chi connectivity index (χ3v) is 2.60. The van der Waals surface area contributed by atoms with Crippen molar-refractivity contribution in [1.29, 1.82) is 0 Å². The Morgan fingerprint density at radius 2 is 2.29 bits per heavy atom. The highest BCUT2D eigenvalue weighted by Gasteiger charge is 2.08.